The smallest absolute Gasteiger partial charge is 0.231 e. The number of fused-ring (bicyclic) bond motifs is 1. The number of para-hydroxylation sites is 2. The third-order valence-corrected chi connectivity index (χ3v) is 6.04. The fraction of sp³-hybridized carbons (Fsp3) is 0.526. The Hall–Kier alpha value is -2.21. The molecular formula is C19H23N5O. The standard InChI is InChI=1S/C19H23N5O/c1-4-8-19(9-5-1)12-20-10-14(19)18-22-17(23-25-18)11-24-13-21-15-6-2-3-7-16(15)24/h2-3,6-7,13-14,20H,1,4-5,8-12H2. The van der Waals surface area contributed by atoms with Gasteiger partial charge in [-0.15, -0.1) is 0 Å². The van der Waals surface area contributed by atoms with E-state index in [0.717, 1.165) is 35.8 Å². The van der Waals surface area contributed by atoms with Crippen LogP contribution in [0.25, 0.3) is 11.0 Å². The van der Waals surface area contributed by atoms with Gasteiger partial charge in [0.2, 0.25) is 5.89 Å². The lowest BCUT2D eigenvalue weighted by Gasteiger charge is -2.36. The van der Waals surface area contributed by atoms with E-state index in [1.807, 2.05) is 24.5 Å². The van der Waals surface area contributed by atoms with Gasteiger partial charge < -0.3 is 14.4 Å². The van der Waals surface area contributed by atoms with Gasteiger partial charge >= 0.3 is 0 Å². The number of nitrogens with one attached hydrogen (secondary N) is 1. The fourth-order valence-corrected chi connectivity index (χ4v) is 4.70. The number of aromatic nitrogens is 4. The van der Waals surface area contributed by atoms with E-state index in [4.69, 9.17) is 9.51 Å². The summed E-state index contributed by atoms with van der Waals surface area (Å²) in [6.45, 7) is 2.63. The number of hydrogen-bond donors (Lipinski definition) is 1. The van der Waals surface area contributed by atoms with Crippen molar-refractivity contribution in [3.05, 3.63) is 42.3 Å². The van der Waals surface area contributed by atoms with E-state index in [-0.39, 0.29) is 0 Å². The van der Waals surface area contributed by atoms with Crippen LogP contribution in [0.1, 0.15) is 49.7 Å². The van der Waals surface area contributed by atoms with Gasteiger partial charge in [0.1, 0.15) is 0 Å². The second kappa shape index (κ2) is 5.95. The Kier molecular flexibility index (Phi) is 3.59. The normalized spacial score (nSPS) is 22.8. The van der Waals surface area contributed by atoms with Crippen molar-refractivity contribution in [3.8, 4) is 0 Å². The molecule has 3 aromatic rings. The summed E-state index contributed by atoms with van der Waals surface area (Å²) in [5.74, 6) is 1.90. The van der Waals surface area contributed by atoms with E-state index in [0.29, 0.717) is 17.9 Å². The topological polar surface area (TPSA) is 68.8 Å². The zero-order valence-corrected chi connectivity index (χ0v) is 14.3. The van der Waals surface area contributed by atoms with Crippen LogP contribution in [0.4, 0.5) is 0 Å². The van der Waals surface area contributed by atoms with Gasteiger partial charge in [0.15, 0.2) is 5.82 Å². The predicted octanol–water partition coefficient (Wildman–Crippen LogP) is 3.10. The summed E-state index contributed by atoms with van der Waals surface area (Å²) in [4.78, 5) is 9.19. The lowest BCUT2D eigenvalue weighted by Crippen LogP contribution is -2.31. The molecule has 1 aliphatic heterocycles. The van der Waals surface area contributed by atoms with Crippen LogP contribution in [0, 0.1) is 5.41 Å². The molecule has 2 aliphatic rings. The molecule has 2 aromatic heterocycles. The summed E-state index contributed by atoms with van der Waals surface area (Å²) in [5.41, 5.74) is 2.41. The molecule has 1 spiro atoms. The second-order valence-corrected chi connectivity index (χ2v) is 7.52. The van der Waals surface area contributed by atoms with Crippen LogP contribution in [0.5, 0.6) is 0 Å². The van der Waals surface area contributed by atoms with E-state index in [1.54, 1.807) is 0 Å². The third-order valence-electron chi connectivity index (χ3n) is 6.04. The minimum Gasteiger partial charge on any atom is -0.339 e. The zero-order chi connectivity index (χ0) is 16.7. The van der Waals surface area contributed by atoms with Crippen molar-refractivity contribution < 1.29 is 4.52 Å². The number of rotatable bonds is 3. The Bertz CT molecular complexity index is 877. The molecule has 5 rings (SSSR count). The highest BCUT2D eigenvalue weighted by Gasteiger charge is 2.46. The van der Waals surface area contributed by atoms with E-state index < -0.39 is 0 Å². The number of nitrogens with zero attached hydrogens (tertiary/aromatic N) is 4. The Morgan fingerprint density at radius 2 is 2.08 bits per heavy atom. The summed E-state index contributed by atoms with van der Waals surface area (Å²) < 4.78 is 7.78. The average Bonchev–Trinajstić information content (AvgIpc) is 3.36. The van der Waals surface area contributed by atoms with Crippen molar-refractivity contribution in [2.75, 3.05) is 13.1 Å². The van der Waals surface area contributed by atoms with Crippen molar-refractivity contribution in [3.63, 3.8) is 0 Å². The highest BCUT2D eigenvalue weighted by atomic mass is 16.5. The van der Waals surface area contributed by atoms with Crippen LogP contribution in [0.15, 0.2) is 35.1 Å². The molecule has 1 atom stereocenters. The van der Waals surface area contributed by atoms with Crippen LogP contribution in [0.2, 0.25) is 0 Å². The zero-order valence-electron chi connectivity index (χ0n) is 14.3. The second-order valence-electron chi connectivity index (χ2n) is 7.52. The van der Waals surface area contributed by atoms with E-state index in [9.17, 15) is 0 Å². The Labute approximate surface area is 146 Å². The minimum atomic E-state index is 0.323. The molecule has 1 saturated heterocycles. The van der Waals surface area contributed by atoms with Gasteiger partial charge in [0, 0.05) is 13.1 Å². The van der Waals surface area contributed by atoms with Crippen LogP contribution in [-0.2, 0) is 6.54 Å². The molecule has 25 heavy (non-hydrogen) atoms. The molecule has 2 fully saturated rings. The van der Waals surface area contributed by atoms with Crippen molar-refractivity contribution in [1.29, 1.82) is 0 Å². The summed E-state index contributed by atoms with van der Waals surface area (Å²) in [5, 5.41) is 7.83. The van der Waals surface area contributed by atoms with E-state index >= 15 is 0 Å². The molecule has 0 amide bonds. The van der Waals surface area contributed by atoms with Crippen molar-refractivity contribution in [2.24, 2.45) is 5.41 Å². The minimum absolute atomic E-state index is 0.323. The molecule has 1 aromatic carbocycles. The highest BCUT2D eigenvalue weighted by molar-refractivity contribution is 5.74. The molecule has 6 heteroatoms. The Morgan fingerprint density at radius 3 is 3.00 bits per heavy atom. The molecule has 1 aliphatic carbocycles. The number of imidazole rings is 1. The SMILES string of the molecule is c1ccc2c(c1)ncn2Cc1noc(C2CNCC23CCCCC3)n1. The maximum atomic E-state index is 5.70. The van der Waals surface area contributed by atoms with Gasteiger partial charge in [-0.05, 0) is 30.4 Å². The van der Waals surface area contributed by atoms with Crippen LogP contribution >= 0.6 is 0 Å². The van der Waals surface area contributed by atoms with Crippen LogP contribution in [0.3, 0.4) is 0 Å². The van der Waals surface area contributed by atoms with E-state index in [1.165, 1.54) is 32.1 Å². The maximum Gasteiger partial charge on any atom is 0.231 e. The first-order valence-electron chi connectivity index (χ1n) is 9.27. The number of hydrogen-bond acceptors (Lipinski definition) is 5. The average molecular weight is 337 g/mol. The fourth-order valence-electron chi connectivity index (χ4n) is 4.70. The Balaban J connectivity index is 1.40. The van der Waals surface area contributed by atoms with Gasteiger partial charge in [-0.2, -0.15) is 4.98 Å². The molecule has 0 radical (unpaired) electrons. The first kappa shape index (κ1) is 15.1. The monoisotopic (exact) mass is 337 g/mol. The first-order chi connectivity index (χ1) is 12.3. The molecule has 6 nitrogen and oxygen atoms in total. The number of benzene rings is 1. The highest BCUT2D eigenvalue weighted by Crippen LogP contribution is 2.48. The molecule has 130 valence electrons. The van der Waals surface area contributed by atoms with Crippen molar-refractivity contribution in [2.45, 2.75) is 44.6 Å². The largest absolute Gasteiger partial charge is 0.339 e. The van der Waals surface area contributed by atoms with Crippen LogP contribution < -0.4 is 5.32 Å². The van der Waals surface area contributed by atoms with Gasteiger partial charge in [0.05, 0.1) is 29.8 Å². The maximum absolute atomic E-state index is 5.70. The van der Waals surface area contributed by atoms with Gasteiger partial charge in [-0.3, -0.25) is 0 Å². The van der Waals surface area contributed by atoms with E-state index in [2.05, 4.69) is 26.1 Å². The molecular weight excluding hydrogens is 314 g/mol. The molecule has 1 saturated carbocycles. The summed E-state index contributed by atoms with van der Waals surface area (Å²) in [6, 6.07) is 8.12. The van der Waals surface area contributed by atoms with Gasteiger partial charge in [-0.25, -0.2) is 4.98 Å². The predicted molar refractivity (Wildman–Crippen MR) is 94.3 cm³/mol. The molecule has 3 heterocycles. The Morgan fingerprint density at radius 1 is 1.20 bits per heavy atom. The lowest BCUT2D eigenvalue weighted by molar-refractivity contribution is 0.165. The molecule has 1 unspecified atom stereocenters. The summed E-state index contributed by atoms with van der Waals surface area (Å²) in [6.07, 6.45) is 8.39. The molecule has 0 bridgehead atoms. The van der Waals surface area contributed by atoms with Crippen molar-refractivity contribution >= 4 is 11.0 Å². The van der Waals surface area contributed by atoms with Gasteiger partial charge in [0.25, 0.3) is 0 Å². The van der Waals surface area contributed by atoms with Crippen LogP contribution in [-0.4, -0.2) is 32.8 Å². The molecule has 1 N–H and O–H groups in total. The third kappa shape index (κ3) is 2.56. The van der Waals surface area contributed by atoms with Gasteiger partial charge in [-0.1, -0.05) is 36.6 Å². The van der Waals surface area contributed by atoms with Crippen molar-refractivity contribution in [1.82, 2.24) is 25.0 Å². The summed E-state index contributed by atoms with van der Waals surface area (Å²) in [7, 11) is 0. The quantitative estimate of drug-likeness (QED) is 0.795. The first-order valence-corrected chi connectivity index (χ1v) is 9.27. The summed E-state index contributed by atoms with van der Waals surface area (Å²) >= 11 is 0. The lowest BCUT2D eigenvalue weighted by atomic mass is 9.67.